The molecule has 12 heteroatoms. The Balaban J connectivity index is 0.807. The summed E-state index contributed by atoms with van der Waals surface area (Å²) in [7, 11) is 0. The van der Waals surface area contributed by atoms with Crippen molar-refractivity contribution in [2.24, 2.45) is 0 Å². The van der Waals surface area contributed by atoms with Crippen LogP contribution in [0.2, 0.25) is 0 Å². The molecule has 0 aliphatic carbocycles. The maximum Gasteiger partial charge on any atom is 0.438 e. The first-order valence-electron chi connectivity index (χ1n) is 20.2. The molecule has 0 unspecified atom stereocenters. The SMILES string of the molecule is O=C(ON1CCC(c2ccccc2)(c2nc(-c3cccc4ccccc34)no2)CC1)C(=O)ON1CCC(c2ccccc2)(c2nc(-c3cccc4ccccc34)no2)CC1. The summed E-state index contributed by atoms with van der Waals surface area (Å²) in [6.07, 6.45) is 2.01. The largest absolute Gasteiger partial charge is 0.438 e. The van der Waals surface area contributed by atoms with Crippen molar-refractivity contribution in [3.8, 4) is 22.8 Å². The van der Waals surface area contributed by atoms with Gasteiger partial charge in [0.2, 0.25) is 23.4 Å². The summed E-state index contributed by atoms with van der Waals surface area (Å²) in [5.74, 6) is -0.178. The Morgan fingerprint density at radius 1 is 0.467 bits per heavy atom. The molecular weight excluding hydrogens is 757 g/mol. The van der Waals surface area contributed by atoms with Crippen LogP contribution in [-0.4, -0.2) is 68.5 Å². The van der Waals surface area contributed by atoms with E-state index in [2.05, 4.69) is 34.6 Å². The quantitative estimate of drug-likeness (QED) is 0.136. The monoisotopic (exact) mass is 796 g/mol. The van der Waals surface area contributed by atoms with Crippen LogP contribution in [0.1, 0.15) is 48.6 Å². The van der Waals surface area contributed by atoms with Crippen LogP contribution in [0.15, 0.2) is 155 Å². The molecule has 2 aliphatic heterocycles. The summed E-state index contributed by atoms with van der Waals surface area (Å²) in [4.78, 5) is 47.6. The number of nitrogens with zero attached hydrogens (tertiary/aromatic N) is 6. The molecule has 60 heavy (non-hydrogen) atoms. The number of fused-ring (bicyclic) bond motifs is 2. The highest BCUT2D eigenvalue weighted by Gasteiger charge is 2.46. The second kappa shape index (κ2) is 15.6. The number of benzene rings is 6. The summed E-state index contributed by atoms with van der Waals surface area (Å²) >= 11 is 0. The number of carbonyl (C=O) groups excluding carboxylic acids is 2. The molecule has 0 radical (unpaired) electrons. The molecule has 0 saturated carbocycles. The standard InChI is InChI=1S/C48H40N6O6/c55-43(59-53-29-25-47(26-30-53,35-17-3-1-4-18-35)45-49-41(51-57-45)39-23-11-15-33-13-7-9-21-37(33)39)44(56)60-54-31-27-48(28-32-54,36-19-5-2-6-20-36)46-50-42(52-58-46)40-24-12-16-34-14-8-10-22-38(34)40/h1-24H,25-32H2. The van der Waals surface area contributed by atoms with Crippen LogP contribution in [0.3, 0.4) is 0 Å². The number of hydrogen-bond acceptors (Lipinski definition) is 12. The van der Waals surface area contributed by atoms with Crippen LogP contribution >= 0.6 is 0 Å². The highest BCUT2D eigenvalue weighted by atomic mass is 16.8. The smallest absolute Gasteiger partial charge is 0.359 e. The first kappa shape index (κ1) is 37.3. The molecular formula is C48H40N6O6. The van der Waals surface area contributed by atoms with E-state index in [4.69, 9.17) is 28.7 Å². The van der Waals surface area contributed by atoms with Gasteiger partial charge in [-0.2, -0.15) is 9.97 Å². The van der Waals surface area contributed by atoms with E-state index in [1.807, 2.05) is 121 Å². The predicted octanol–water partition coefficient (Wildman–Crippen LogP) is 8.47. The van der Waals surface area contributed by atoms with Gasteiger partial charge in [-0.25, -0.2) is 9.59 Å². The van der Waals surface area contributed by atoms with Crippen molar-refractivity contribution in [3.63, 3.8) is 0 Å². The van der Waals surface area contributed by atoms with Gasteiger partial charge in [-0.3, -0.25) is 0 Å². The number of rotatable bonds is 8. The van der Waals surface area contributed by atoms with E-state index >= 15 is 0 Å². The predicted molar refractivity (Wildman–Crippen MR) is 223 cm³/mol. The zero-order chi connectivity index (χ0) is 40.5. The molecule has 2 aliphatic rings. The maximum absolute atomic E-state index is 13.2. The minimum atomic E-state index is -1.09. The van der Waals surface area contributed by atoms with Gasteiger partial charge in [0.25, 0.3) is 0 Å². The lowest BCUT2D eigenvalue weighted by Gasteiger charge is -2.39. The molecule has 4 heterocycles. The third kappa shape index (κ3) is 6.79. The molecule has 298 valence electrons. The Labute approximate surface area is 345 Å². The highest BCUT2D eigenvalue weighted by Crippen LogP contribution is 2.44. The van der Waals surface area contributed by atoms with Crippen molar-refractivity contribution >= 4 is 33.5 Å². The zero-order valence-electron chi connectivity index (χ0n) is 32.6. The molecule has 0 N–H and O–H groups in total. The van der Waals surface area contributed by atoms with Gasteiger partial charge in [-0.05, 0) is 58.4 Å². The molecule has 8 aromatic rings. The molecule has 10 rings (SSSR count). The second-order valence-corrected chi connectivity index (χ2v) is 15.4. The molecule has 12 nitrogen and oxygen atoms in total. The van der Waals surface area contributed by atoms with Gasteiger partial charge in [-0.1, -0.05) is 156 Å². The lowest BCUT2D eigenvalue weighted by atomic mass is 9.73. The van der Waals surface area contributed by atoms with E-state index in [1.165, 1.54) is 10.1 Å². The van der Waals surface area contributed by atoms with Crippen molar-refractivity contribution in [2.75, 3.05) is 26.2 Å². The fourth-order valence-corrected chi connectivity index (χ4v) is 8.89. The molecule has 0 atom stereocenters. The molecule has 0 amide bonds. The third-order valence-electron chi connectivity index (χ3n) is 12.1. The van der Waals surface area contributed by atoms with Gasteiger partial charge >= 0.3 is 11.9 Å². The van der Waals surface area contributed by atoms with E-state index in [9.17, 15) is 9.59 Å². The molecule has 2 fully saturated rings. The van der Waals surface area contributed by atoms with Crippen LogP contribution in [0, 0.1) is 0 Å². The van der Waals surface area contributed by atoms with Gasteiger partial charge in [0.15, 0.2) is 0 Å². The minimum Gasteiger partial charge on any atom is -0.359 e. The number of carbonyl (C=O) groups is 2. The molecule has 0 bridgehead atoms. The van der Waals surface area contributed by atoms with Gasteiger partial charge in [0.05, 0.1) is 10.8 Å². The zero-order valence-corrected chi connectivity index (χ0v) is 32.6. The molecule has 2 saturated heterocycles. The van der Waals surface area contributed by atoms with Gasteiger partial charge in [-0.15, -0.1) is 10.1 Å². The molecule has 0 spiro atoms. The first-order chi connectivity index (χ1) is 29.5. The number of hydroxylamine groups is 4. The van der Waals surface area contributed by atoms with Crippen molar-refractivity contribution < 1.29 is 28.3 Å². The summed E-state index contributed by atoms with van der Waals surface area (Å²) in [5, 5.41) is 16.1. The fraction of sp³-hybridized carbons (Fsp3) is 0.208. The topological polar surface area (TPSA) is 137 Å². The van der Waals surface area contributed by atoms with Gasteiger partial charge < -0.3 is 18.7 Å². The van der Waals surface area contributed by atoms with Crippen molar-refractivity contribution in [2.45, 2.75) is 36.5 Å². The van der Waals surface area contributed by atoms with Gasteiger partial charge in [0.1, 0.15) is 0 Å². The lowest BCUT2D eigenvalue weighted by Crippen LogP contribution is -2.47. The van der Waals surface area contributed by atoms with E-state index in [0.29, 0.717) is 75.3 Å². The number of hydrogen-bond donors (Lipinski definition) is 0. The highest BCUT2D eigenvalue weighted by molar-refractivity contribution is 6.29. The molecule has 6 aromatic carbocycles. The summed E-state index contributed by atoms with van der Waals surface area (Å²) in [6, 6.07) is 48.3. The van der Waals surface area contributed by atoms with Crippen LogP contribution in [-0.2, 0) is 30.1 Å². The van der Waals surface area contributed by atoms with E-state index < -0.39 is 22.8 Å². The Bertz CT molecular complexity index is 2600. The fourth-order valence-electron chi connectivity index (χ4n) is 8.89. The summed E-state index contributed by atoms with van der Waals surface area (Å²) in [5.41, 5.74) is 2.55. The van der Waals surface area contributed by atoms with Crippen LogP contribution in [0.4, 0.5) is 0 Å². The number of piperidine rings is 2. The average Bonchev–Trinajstić information content (AvgIpc) is 4.02. The Kier molecular flexibility index (Phi) is 9.70. The number of aromatic nitrogens is 4. The Morgan fingerprint density at radius 2 is 0.833 bits per heavy atom. The Hall–Kier alpha value is -7.02. The van der Waals surface area contributed by atoms with Crippen molar-refractivity contribution in [3.05, 3.63) is 169 Å². The van der Waals surface area contributed by atoms with Crippen LogP contribution < -0.4 is 0 Å². The van der Waals surface area contributed by atoms with Crippen molar-refractivity contribution in [1.82, 2.24) is 30.4 Å². The van der Waals surface area contributed by atoms with E-state index in [1.54, 1.807) is 0 Å². The summed E-state index contributed by atoms with van der Waals surface area (Å²) < 4.78 is 12.1. The molecule has 2 aromatic heterocycles. The average molecular weight is 797 g/mol. The van der Waals surface area contributed by atoms with Crippen LogP contribution in [0.25, 0.3) is 44.3 Å². The first-order valence-corrected chi connectivity index (χ1v) is 20.2. The normalized spacial score (nSPS) is 16.7. The lowest BCUT2D eigenvalue weighted by molar-refractivity contribution is -0.224. The minimum absolute atomic E-state index is 0.328. The third-order valence-corrected chi connectivity index (χ3v) is 12.1. The van der Waals surface area contributed by atoms with E-state index in [-0.39, 0.29) is 0 Å². The second-order valence-electron chi connectivity index (χ2n) is 15.4. The Morgan fingerprint density at radius 3 is 1.25 bits per heavy atom. The van der Waals surface area contributed by atoms with Crippen molar-refractivity contribution in [1.29, 1.82) is 0 Å². The maximum atomic E-state index is 13.2. The van der Waals surface area contributed by atoms with Gasteiger partial charge in [0, 0.05) is 37.3 Å². The van der Waals surface area contributed by atoms with E-state index in [0.717, 1.165) is 43.8 Å². The van der Waals surface area contributed by atoms with Crippen LogP contribution in [0.5, 0.6) is 0 Å². The summed E-state index contributed by atoms with van der Waals surface area (Å²) in [6.45, 7) is 1.31.